The van der Waals surface area contributed by atoms with E-state index in [2.05, 4.69) is 55.4 Å². The highest BCUT2D eigenvalue weighted by Gasteiger charge is 2.18. The zero-order valence-electron chi connectivity index (χ0n) is 15.5. The van der Waals surface area contributed by atoms with E-state index in [1.54, 1.807) is 7.05 Å². The van der Waals surface area contributed by atoms with Crippen LogP contribution in [0.4, 0.5) is 0 Å². The van der Waals surface area contributed by atoms with Crippen molar-refractivity contribution in [3.8, 4) is 0 Å². The summed E-state index contributed by atoms with van der Waals surface area (Å²) in [6.07, 6.45) is 10.6. The smallest absolute Gasteiger partial charge is 0.0417 e. The minimum absolute atomic E-state index is 0.697. The van der Waals surface area contributed by atoms with Gasteiger partial charge in [0.05, 0.1) is 0 Å². The van der Waals surface area contributed by atoms with E-state index < -0.39 is 0 Å². The van der Waals surface area contributed by atoms with Crippen molar-refractivity contribution in [3.63, 3.8) is 0 Å². The number of hydrogen-bond acceptors (Lipinski definition) is 2. The van der Waals surface area contributed by atoms with E-state index in [4.69, 9.17) is 4.99 Å². The first-order chi connectivity index (χ1) is 11.6. The molecule has 0 atom stereocenters. The van der Waals surface area contributed by atoms with Crippen LogP contribution in [0.15, 0.2) is 57.2 Å². The fourth-order valence-corrected chi connectivity index (χ4v) is 3.33. The van der Waals surface area contributed by atoms with Gasteiger partial charge in [0.15, 0.2) is 0 Å². The summed E-state index contributed by atoms with van der Waals surface area (Å²) in [5, 5.41) is 0. The summed E-state index contributed by atoms with van der Waals surface area (Å²) in [4.78, 5) is 8.82. The molecule has 0 aromatic heterocycles. The molecule has 0 saturated heterocycles. The predicted octanol–water partition coefficient (Wildman–Crippen LogP) is 6.11. The van der Waals surface area contributed by atoms with E-state index in [0.29, 0.717) is 5.92 Å². The van der Waals surface area contributed by atoms with E-state index in [1.807, 2.05) is 13.1 Å². The van der Waals surface area contributed by atoms with Crippen molar-refractivity contribution in [1.29, 1.82) is 0 Å². The summed E-state index contributed by atoms with van der Waals surface area (Å²) in [7, 11) is 1.79. The van der Waals surface area contributed by atoms with Gasteiger partial charge in [0.2, 0.25) is 0 Å². The Morgan fingerprint density at radius 2 is 1.62 bits per heavy atom. The van der Waals surface area contributed by atoms with E-state index in [1.165, 1.54) is 48.8 Å². The quantitative estimate of drug-likeness (QED) is 0.585. The van der Waals surface area contributed by atoms with Crippen LogP contribution in [0.25, 0.3) is 5.57 Å². The molecular weight excluding hydrogens is 292 g/mol. The third-order valence-electron chi connectivity index (χ3n) is 5.01. The van der Waals surface area contributed by atoms with E-state index in [0.717, 1.165) is 11.3 Å². The Labute approximate surface area is 147 Å². The second-order valence-corrected chi connectivity index (χ2v) is 6.71. The molecule has 1 aliphatic rings. The molecule has 24 heavy (non-hydrogen) atoms. The molecule has 128 valence electrons. The van der Waals surface area contributed by atoms with E-state index >= 15 is 0 Å². The minimum Gasteiger partial charge on any atom is -0.296 e. The maximum atomic E-state index is 4.74. The lowest BCUT2D eigenvalue weighted by molar-refractivity contribution is 0.404. The molecule has 2 nitrogen and oxygen atoms in total. The van der Waals surface area contributed by atoms with Crippen LogP contribution >= 0.6 is 0 Å². The molecule has 2 rings (SSSR count). The summed E-state index contributed by atoms with van der Waals surface area (Å²) in [5.41, 5.74) is 6.16. The number of rotatable bonds is 5. The van der Waals surface area contributed by atoms with Crippen LogP contribution in [-0.4, -0.2) is 19.5 Å². The first-order valence-electron chi connectivity index (χ1n) is 9.03. The fourth-order valence-electron chi connectivity index (χ4n) is 3.33. The van der Waals surface area contributed by atoms with Gasteiger partial charge in [-0.25, -0.2) is 0 Å². The van der Waals surface area contributed by atoms with Crippen LogP contribution < -0.4 is 0 Å². The van der Waals surface area contributed by atoms with Crippen molar-refractivity contribution >= 4 is 18.0 Å². The summed E-state index contributed by atoms with van der Waals surface area (Å²) < 4.78 is 0. The lowest BCUT2D eigenvalue weighted by Crippen LogP contribution is -2.09. The van der Waals surface area contributed by atoms with Crippen molar-refractivity contribution in [1.82, 2.24) is 0 Å². The van der Waals surface area contributed by atoms with E-state index in [-0.39, 0.29) is 0 Å². The first-order valence-corrected chi connectivity index (χ1v) is 9.03. The minimum atomic E-state index is 0.697. The molecule has 0 bridgehead atoms. The molecule has 0 radical (unpaired) electrons. The molecule has 0 unspecified atom stereocenters. The molecule has 1 fully saturated rings. The summed E-state index contributed by atoms with van der Waals surface area (Å²) in [6.45, 7) is 6.40. The molecule has 1 aromatic carbocycles. The molecule has 0 spiro atoms. The van der Waals surface area contributed by atoms with Crippen molar-refractivity contribution < 1.29 is 0 Å². The maximum absolute atomic E-state index is 4.74. The highest BCUT2D eigenvalue weighted by atomic mass is 14.7. The van der Waals surface area contributed by atoms with Gasteiger partial charge >= 0.3 is 0 Å². The van der Waals surface area contributed by atoms with Crippen LogP contribution in [0.1, 0.15) is 58.4 Å². The highest BCUT2D eigenvalue weighted by Crippen LogP contribution is 2.33. The van der Waals surface area contributed by atoms with Gasteiger partial charge in [-0.15, -0.1) is 0 Å². The zero-order chi connectivity index (χ0) is 17.4. The molecule has 0 heterocycles. The summed E-state index contributed by atoms with van der Waals surface area (Å²) in [6, 6.07) is 10.7. The van der Waals surface area contributed by atoms with Crippen molar-refractivity contribution in [3.05, 3.63) is 52.7 Å². The van der Waals surface area contributed by atoms with Crippen molar-refractivity contribution in [2.24, 2.45) is 15.9 Å². The Morgan fingerprint density at radius 1 is 0.958 bits per heavy atom. The lowest BCUT2D eigenvalue weighted by atomic mass is 9.81. The topological polar surface area (TPSA) is 24.7 Å². The largest absolute Gasteiger partial charge is 0.296 e. The number of hydrogen-bond donors (Lipinski definition) is 0. The lowest BCUT2D eigenvalue weighted by Gasteiger charge is -2.24. The molecule has 0 N–H and O–H groups in total. The van der Waals surface area contributed by atoms with Gasteiger partial charge < -0.3 is 0 Å². The first kappa shape index (κ1) is 18.4. The SMILES string of the molecule is CN=C/C(C)=C(C)/N=C\C(=C(/C)C1CCCCC1)c1ccccc1. The normalized spacial score (nSPS) is 18.8. The third-order valence-corrected chi connectivity index (χ3v) is 5.01. The monoisotopic (exact) mass is 322 g/mol. The number of benzene rings is 1. The van der Waals surface area contributed by atoms with Gasteiger partial charge in [-0.05, 0) is 56.2 Å². The van der Waals surface area contributed by atoms with Crippen molar-refractivity contribution in [2.45, 2.75) is 52.9 Å². The maximum Gasteiger partial charge on any atom is 0.0417 e. The Balaban J connectivity index is 2.38. The fraction of sp³-hybridized carbons (Fsp3) is 0.455. The molecular formula is C22H30N2. The number of allylic oxidation sites excluding steroid dienone is 4. The van der Waals surface area contributed by atoms with Crippen LogP contribution in [0.2, 0.25) is 0 Å². The van der Waals surface area contributed by atoms with Gasteiger partial charge in [0.25, 0.3) is 0 Å². The van der Waals surface area contributed by atoms with Gasteiger partial charge in [0.1, 0.15) is 0 Å². The predicted molar refractivity (Wildman–Crippen MR) is 107 cm³/mol. The second-order valence-electron chi connectivity index (χ2n) is 6.71. The molecule has 0 aliphatic heterocycles. The van der Waals surface area contributed by atoms with Crippen LogP contribution in [0.3, 0.4) is 0 Å². The highest BCUT2D eigenvalue weighted by molar-refractivity contribution is 6.11. The average molecular weight is 322 g/mol. The number of aliphatic imine (C=N–C) groups is 2. The Kier molecular flexibility index (Phi) is 7.17. The van der Waals surface area contributed by atoms with Gasteiger partial charge in [-0.1, -0.05) is 55.2 Å². The average Bonchev–Trinajstić information content (AvgIpc) is 2.63. The third kappa shape index (κ3) is 5.02. The molecule has 1 aromatic rings. The summed E-state index contributed by atoms with van der Waals surface area (Å²) >= 11 is 0. The Hall–Kier alpha value is -1.96. The van der Waals surface area contributed by atoms with Gasteiger partial charge in [0, 0.05) is 25.2 Å². The van der Waals surface area contributed by atoms with Gasteiger partial charge in [-0.2, -0.15) is 0 Å². The Morgan fingerprint density at radius 3 is 2.25 bits per heavy atom. The molecule has 1 aliphatic carbocycles. The van der Waals surface area contributed by atoms with Crippen LogP contribution in [0, 0.1) is 5.92 Å². The van der Waals surface area contributed by atoms with Gasteiger partial charge in [-0.3, -0.25) is 9.98 Å². The zero-order valence-corrected chi connectivity index (χ0v) is 15.5. The molecule has 2 heteroatoms. The van der Waals surface area contributed by atoms with Crippen LogP contribution in [0.5, 0.6) is 0 Å². The number of nitrogens with zero attached hydrogens (tertiary/aromatic N) is 2. The second kappa shape index (κ2) is 9.36. The Bertz CT molecular complexity index is 642. The van der Waals surface area contributed by atoms with E-state index in [9.17, 15) is 0 Å². The molecule has 1 saturated carbocycles. The standard InChI is InChI=1S/C22H30N2/c1-17(15-23-4)19(3)24-16-22(21-13-9-6-10-14-21)18(2)20-11-7-5-8-12-20/h6,9-10,13-16,20H,5,7-8,11-12H2,1-4H3/b19-17+,22-18-,23-15?,24-16-. The molecule has 0 amide bonds. The van der Waals surface area contributed by atoms with Crippen molar-refractivity contribution in [2.75, 3.05) is 7.05 Å². The van der Waals surface area contributed by atoms with Crippen LogP contribution in [-0.2, 0) is 0 Å². The summed E-state index contributed by atoms with van der Waals surface area (Å²) in [5.74, 6) is 0.697.